The fraction of sp³-hybridized carbons (Fsp3) is 0.750. The van der Waals surface area contributed by atoms with Gasteiger partial charge in [-0.15, -0.1) is 0 Å². The maximum atomic E-state index is 11.9. The lowest BCUT2D eigenvalue weighted by atomic mass is 10.2. The van der Waals surface area contributed by atoms with Crippen molar-refractivity contribution in [1.29, 1.82) is 0 Å². The van der Waals surface area contributed by atoms with Crippen molar-refractivity contribution >= 4 is 0 Å². The lowest BCUT2D eigenvalue weighted by Gasteiger charge is -1.91. The van der Waals surface area contributed by atoms with E-state index in [1.165, 1.54) is 0 Å². The zero-order chi connectivity index (χ0) is 10.4. The van der Waals surface area contributed by atoms with Crippen LogP contribution < -0.4 is 0 Å². The standard InChI is InChI=1S/C6H8F2N2O.C2H6/c1-3(2)6-9-5(4(7)8)10-11-6;1-2/h3-4H,1-2H3;1-2H3. The summed E-state index contributed by atoms with van der Waals surface area (Å²) in [5, 5.41) is 3.10. The van der Waals surface area contributed by atoms with E-state index in [-0.39, 0.29) is 11.8 Å². The predicted octanol–water partition coefficient (Wildman–Crippen LogP) is 3.16. The fourth-order valence-electron chi connectivity index (χ4n) is 0.570. The van der Waals surface area contributed by atoms with Crippen LogP contribution in [0, 0.1) is 0 Å². The van der Waals surface area contributed by atoms with E-state index in [9.17, 15) is 8.78 Å². The molecular formula is C8H14F2N2O. The van der Waals surface area contributed by atoms with E-state index in [1.54, 1.807) is 13.8 Å². The average Bonchev–Trinajstić information content (AvgIpc) is 2.56. The zero-order valence-electron chi connectivity index (χ0n) is 8.21. The topological polar surface area (TPSA) is 38.9 Å². The molecule has 3 nitrogen and oxygen atoms in total. The lowest BCUT2D eigenvalue weighted by Crippen LogP contribution is -1.89. The molecule has 1 aromatic heterocycles. The summed E-state index contributed by atoms with van der Waals surface area (Å²) in [6, 6.07) is 0. The fourth-order valence-corrected chi connectivity index (χ4v) is 0.570. The van der Waals surface area contributed by atoms with E-state index in [0.717, 1.165) is 0 Å². The summed E-state index contributed by atoms with van der Waals surface area (Å²) in [5.41, 5.74) is 0. The van der Waals surface area contributed by atoms with Crippen molar-refractivity contribution in [3.63, 3.8) is 0 Å². The summed E-state index contributed by atoms with van der Waals surface area (Å²) in [5.74, 6) is -0.288. The molecule has 0 bridgehead atoms. The van der Waals surface area contributed by atoms with Gasteiger partial charge in [-0.05, 0) is 0 Å². The molecule has 1 rings (SSSR count). The molecule has 0 unspecified atom stereocenters. The number of hydrogen-bond donors (Lipinski definition) is 0. The zero-order valence-corrected chi connectivity index (χ0v) is 8.21. The van der Waals surface area contributed by atoms with Crippen LogP contribution in [0.1, 0.15) is 51.8 Å². The van der Waals surface area contributed by atoms with Gasteiger partial charge in [-0.2, -0.15) is 4.98 Å². The first-order valence-electron chi connectivity index (χ1n) is 4.23. The Bertz CT molecular complexity index is 213. The third-order valence-electron chi connectivity index (χ3n) is 1.15. The Hall–Kier alpha value is -1.00. The highest BCUT2D eigenvalue weighted by Crippen LogP contribution is 2.17. The smallest absolute Gasteiger partial charge is 0.300 e. The molecule has 0 N–H and O–H groups in total. The van der Waals surface area contributed by atoms with Crippen molar-refractivity contribution in [2.24, 2.45) is 0 Å². The Morgan fingerprint density at radius 3 is 2.00 bits per heavy atom. The van der Waals surface area contributed by atoms with E-state index < -0.39 is 12.2 Å². The SMILES string of the molecule is CC.CC(C)c1nc(C(F)F)no1. The van der Waals surface area contributed by atoms with Crippen molar-refractivity contribution < 1.29 is 13.3 Å². The molecule has 0 aliphatic carbocycles. The summed E-state index contributed by atoms with van der Waals surface area (Å²) in [6.45, 7) is 7.59. The average molecular weight is 192 g/mol. The van der Waals surface area contributed by atoms with Crippen molar-refractivity contribution in [2.45, 2.75) is 40.0 Å². The Morgan fingerprint density at radius 2 is 1.77 bits per heavy atom. The quantitative estimate of drug-likeness (QED) is 0.722. The van der Waals surface area contributed by atoms with Crippen LogP contribution in [0.5, 0.6) is 0 Å². The van der Waals surface area contributed by atoms with Crippen molar-refractivity contribution in [3.8, 4) is 0 Å². The Kier molecular flexibility index (Phi) is 5.18. The minimum Gasteiger partial charge on any atom is -0.339 e. The summed E-state index contributed by atoms with van der Waals surface area (Å²) < 4.78 is 28.3. The van der Waals surface area contributed by atoms with Crippen LogP contribution in [0.25, 0.3) is 0 Å². The minimum absolute atomic E-state index is 0.00463. The third-order valence-corrected chi connectivity index (χ3v) is 1.15. The van der Waals surface area contributed by atoms with Gasteiger partial charge in [0.1, 0.15) is 0 Å². The number of aromatic nitrogens is 2. The summed E-state index contributed by atoms with van der Waals surface area (Å²) in [6.07, 6.45) is -2.65. The van der Waals surface area contributed by atoms with Crippen LogP contribution in [-0.2, 0) is 0 Å². The molecule has 0 fully saturated rings. The number of alkyl halides is 2. The Morgan fingerprint density at radius 1 is 1.23 bits per heavy atom. The number of halogens is 2. The highest BCUT2D eigenvalue weighted by Gasteiger charge is 2.16. The first-order valence-corrected chi connectivity index (χ1v) is 4.23. The van der Waals surface area contributed by atoms with Crippen molar-refractivity contribution in [3.05, 3.63) is 11.7 Å². The highest BCUT2D eigenvalue weighted by molar-refractivity contribution is 4.91. The van der Waals surface area contributed by atoms with Crippen LogP contribution in [-0.4, -0.2) is 10.1 Å². The molecule has 5 heteroatoms. The molecule has 0 aliphatic rings. The van der Waals surface area contributed by atoms with Crippen LogP contribution in [0.15, 0.2) is 4.52 Å². The molecule has 0 aromatic carbocycles. The van der Waals surface area contributed by atoms with Gasteiger partial charge in [-0.1, -0.05) is 32.9 Å². The van der Waals surface area contributed by atoms with Gasteiger partial charge in [-0.25, -0.2) is 8.78 Å². The minimum atomic E-state index is -2.65. The van der Waals surface area contributed by atoms with E-state index in [1.807, 2.05) is 13.8 Å². The van der Waals surface area contributed by atoms with Gasteiger partial charge in [0.25, 0.3) is 0 Å². The number of hydrogen-bond acceptors (Lipinski definition) is 3. The number of rotatable bonds is 2. The Labute approximate surface area is 76.1 Å². The lowest BCUT2D eigenvalue weighted by molar-refractivity contribution is 0.136. The number of nitrogens with zero attached hydrogens (tertiary/aromatic N) is 2. The van der Waals surface area contributed by atoms with Crippen LogP contribution >= 0.6 is 0 Å². The molecule has 1 aromatic rings. The first-order chi connectivity index (χ1) is 6.11. The van der Waals surface area contributed by atoms with E-state index in [4.69, 9.17) is 0 Å². The molecule has 13 heavy (non-hydrogen) atoms. The van der Waals surface area contributed by atoms with Crippen molar-refractivity contribution in [1.82, 2.24) is 10.1 Å². The second-order valence-corrected chi connectivity index (χ2v) is 2.45. The molecule has 0 radical (unpaired) electrons. The normalized spacial score (nSPS) is 10.2. The molecule has 0 saturated carbocycles. The third kappa shape index (κ3) is 3.48. The largest absolute Gasteiger partial charge is 0.339 e. The highest BCUT2D eigenvalue weighted by atomic mass is 19.3. The summed E-state index contributed by atoms with van der Waals surface area (Å²) >= 11 is 0. The molecule has 0 saturated heterocycles. The summed E-state index contributed by atoms with van der Waals surface area (Å²) in [4.78, 5) is 3.48. The van der Waals surface area contributed by atoms with Crippen LogP contribution in [0.2, 0.25) is 0 Å². The van der Waals surface area contributed by atoms with Crippen molar-refractivity contribution in [2.75, 3.05) is 0 Å². The van der Waals surface area contributed by atoms with Gasteiger partial charge in [0.2, 0.25) is 11.7 Å². The van der Waals surface area contributed by atoms with Gasteiger partial charge in [-0.3, -0.25) is 0 Å². The maximum Gasteiger partial charge on any atom is 0.300 e. The predicted molar refractivity (Wildman–Crippen MR) is 44.7 cm³/mol. The van der Waals surface area contributed by atoms with E-state index in [0.29, 0.717) is 0 Å². The monoisotopic (exact) mass is 192 g/mol. The first kappa shape index (κ1) is 12.0. The van der Waals surface area contributed by atoms with Gasteiger partial charge in [0, 0.05) is 5.92 Å². The molecule has 0 amide bonds. The second kappa shape index (κ2) is 5.61. The van der Waals surface area contributed by atoms with E-state index in [2.05, 4.69) is 14.7 Å². The summed E-state index contributed by atoms with van der Waals surface area (Å²) in [7, 11) is 0. The Balaban J connectivity index is 0.000000671. The molecule has 76 valence electrons. The molecular weight excluding hydrogens is 178 g/mol. The van der Waals surface area contributed by atoms with Gasteiger partial charge in [0.15, 0.2) is 0 Å². The van der Waals surface area contributed by atoms with Gasteiger partial charge < -0.3 is 4.52 Å². The van der Waals surface area contributed by atoms with Crippen LogP contribution in [0.3, 0.4) is 0 Å². The van der Waals surface area contributed by atoms with Crippen LogP contribution in [0.4, 0.5) is 8.78 Å². The molecule has 0 spiro atoms. The maximum absolute atomic E-state index is 11.9. The molecule has 0 atom stereocenters. The molecule has 0 aliphatic heterocycles. The second-order valence-electron chi connectivity index (χ2n) is 2.45. The van der Waals surface area contributed by atoms with Gasteiger partial charge in [0.05, 0.1) is 0 Å². The van der Waals surface area contributed by atoms with Gasteiger partial charge >= 0.3 is 6.43 Å². The molecule has 1 heterocycles. The van der Waals surface area contributed by atoms with E-state index >= 15 is 0 Å².